The second kappa shape index (κ2) is 7.25. The number of pyridine rings is 1. The Kier molecular flexibility index (Phi) is 4.44. The molecule has 3 aromatic heterocycles. The van der Waals surface area contributed by atoms with Crippen LogP contribution in [-0.2, 0) is 0 Å². The van der Waals surface area contributed by atoms with Gasteiger partial charge in [-0.15, -0.1) is 0 Å². The zero-order valence-electron chi connectivity index (χ0n) is 15.4. The lowest BCUT2D eigenvalue weighted by molar-refractivity contribution is 0.0738. The number of halogens is 1. The van der Waals surface area contributed by atoms with E-state index >= 15 is 0 Å². The molecule has 0 atom stereocenters. The van der Waals surface area contributed by atoms with Crippen LogP contribution in [0.4, 0.5) is 9.52 Å². The molecule has 1 saturated heterocycles. The molecule has 29 heavy (non-hydrogen) atoms. The number of hydrogen-bond donors (Lipinski definition) is 0. The lowest BCUT2D eigenvalue weighted by atomic mass is 10.2. The second-order valence-corrected chi connectivity index (χ2v) is 7.68. The summed E-state index contributed by atoms with van der Waals surface area (Å²) >= 11 is 1.57. The highest BCUT2D eigenvalue weighted by Gasteiger charge is 2.26. The summed E-state index contributed by atoms with van der Waals surface area (Å²) in [7, 11) is 0. The zero-order valence-corrected chi connectivity index (χ0v) is 16.2. The van der Waals surface area contributed by atoms with Crippen LogP contribution in [-0.4, -0.2) is 56.5 Å². The normalized spacial score (nSPS) is 14.5. The first-order valence-corrected chi connectivity index (χ1v) is 10.0. The van der Waals surface area contributed by atoms with Gasteiger partial charge in [0.25, 0.3) is 5.91 Å². The van der Waals surface area contributed by atoms with Crippen LogP contribution < -0.4 is 4.90 Å². The SMILES string of the molecule is O=C(c1cncn1-c1ccc(F)cc1)N1CCN(c2nc3cccnc3s2)CC1. The van der Waals surface area contributed by atoms with Crippen LogP contribution in [0, 0.1) is 5.82 Å². The Morgan fingerprint density at radius 2 is 1.86 bits per heavy atom. The first-order valence-electron chi connectivity index (χ1n) is 9.23. The van der Waals surface area contributed by atoms with Gasteiger partial charge in [-0.3, -0.25) is 9.36 Å². The van der Waals surface area contributed by atoms with E-state index in [0.29, 0.717) is 37.6 Å². The van der Waals surface area contributed by atoms with Crippen molar-refractivity contribution in [3.8, 4) is 5.69 Å². The Balaban J connectivity index is 1.30. The van der Waals surface area contributed by atoms with Crippen LogP contribution in [0.1, 0.15) is 10.5 Å². The number of thiazole rings is 1. The average Bonchev–Trinajstić information content (AvgIpc) is 3.41. The lowest BCUT2D eigenvalue weighted by Crippen LogP contribution is -2.49. The Bertz CT molecular complexity index is 1130. The van der Waals surface area contributed by atoms with Gasteiger partial charge in [0.2, 0.25) is 0 Å². The summed E-state index contributed by atoms with van der Waals surface area (Å²) in [6, 6.07) is 9.84. The maximum atomic E-state index is 13.2. The summed E-state index contributed by atoms with van der Waals surface area (Å²) in [6.07, 6.45) is 4.90. The van der Waals surface area contributed by atoms with Crippen molar-refractivity contribution in [2.45, 2.75) is 0 Å². The molecule has 0 unspecified atom stereocenters. The van der Waals surface area contributed by atoms with Crippen LogP contribution in [0.5, 0.6) is 0 Å². The highest BCUT2D eigenvalue weighted by molar-refractivity contribution is 7.21. The molecule has 9 heteroatoms. The minimum Gasteiger partial charge on any atom is -0.344 e. The fourth-order valence-electron chi connectivity index (χ4n) is 3.42. The highest BCUT2D eigenvalue weighted by atomic mass is 32.1. The van der Waals surface area contributed by atoms with Crippen molar-refractivity contribution in [3.05, 3.63) is 66.6 Å². The van der Waals surface area contributed by atoms with Crippen LogP contribution >= 0.6 is 11.3 Å². The monoisotopic (exact) mass is 408 g/mol. The fraction of sp³-hybridized carbons (Fsp3) is 0.200. The van der Waals surface area contributed by atoms with Gasteiger partial charge in [0, 0.05) is 38.1 Å². The Hall–Kier alpha value is -3.33. The minimum atomic E-state index is -0.317. The predicted octanol–water partition coefficient (Wildman–Crippen LogP) is 2.98. The Morgan fingerprint density at radius 3 is 2.62 bits per heavy atom. The van der Waals surface area contributed by atoms with E-state index in [0.717, 1.165) is 15.5 Å². The number of carbonyl (C=O) groups is 1. The summed E-state index contributed by atoms with van der Waals surface area (Å²) in [4.78, 5) is 31.1. The first-order chi connectivity index (χ1) is 14.2. The molecule has 0 aliphatic carbocycles. The number of piperazine rings is 1. The maximum Gasteiger partial charge on any atom is 0.272 e. The molecule has 1 aromatic carbocycles. The molecule has 1 aliphatic heterocycles. The first kappa shape index (κ1) is 17.7. The largest absolute Gasteiger partial charge is 0.344 e. The molecule has 0 saturated carbocycles. The molecule has 1 fully saturated rings. The van der Waals surface area contributed by atoms with E-state index in [-0.39, 0.29) is 11.7 Å². The molecule has 0 bridgehead atoms. The van der Waals surface area contributed by atoms with E-state index < -0.39 is 0 Å². The second-order valence-electron chi connectivity index (χ2n) is 6.73. The quantitative estimate of drug-likeness (QED) is 0.521. The summed E-state index contributed by atoms with van der Waals surface area (Å²) in [5, 5.41) is 0.933. The Labute approximate surface area is 170 Å². The van der Waals surface area contributed by atoms with Gasteiger partial charge in [-0.1, -0.05) is 11.3 Å². The lowest BCUT2D eigenvalue weighted by Gasteiger charge is -2.34. The predicted molar refractivity (Wildman–Crippen MR) is 109 cm³/mol. The van der Waals surface area contributed by atoms with E-state index in [9.17, 15) is 9.18 Å². The molecular weight excluding hydrogens is 391 g/mol. The molecule has 7 nitrogen and oxygen atoms in total. The number of hydrogen-bond acceptors (Lipinski definition) is 6. The number of benzene rings is 1. The number of fused-ring (bicyclic) bond motifs is 1. The third kappa shape index (κ3) is 3.33. The van der Waals surface area contributed by atoms with Gasteiger partial charge in [-0.2, -0.15) is 0 Å². The molecular formula is C20H17FN6OS. The maximum absolute atomic E-state index is 13.2. The number of carbonyl (C=O) groups excluding carboxylic acids is 1. The third-order valence-electron chi connectivity index (χ3n) is 4.95. The molecule has 5 rings (SSSR count). The van der Waals surface area contributed by atoms with Crippen molar-refractivity contribution < 1.29 is 9.18 Å². The van der Waals surface area contributed by atoms with Crippen molar-refractivity contribution in [2.75, 3.05) is 31.1 Å². The van der Waals surface area contributed by atoms with Gasteiger partial charge in [0.15, 0.2) is 5.13 Å². The Morgan fingerprint density at radius 1 is 1.07 bits per heavy atom. The van der Waals surface area contributed by atoms with Crippen LogP contribution in [0.15, 0.2) is 55.1 Å². The number of imidazole rings is 1. The van der Waals surface area contributed by atoms with Gasteiger partial charge >= 0.3 is 0 Å². The molecule has 4 aromatic rings. The minimum absolute atomic E-state index is 0.0857. The van der Waals surface area contributed by atoms with E-state index in [1.807, 2.05) is 17.0 Å². The zero-order chi connectivity index (χ0) is 19.8. The van der Waals surface area contributed by atoms with E-state index in [1.165, 1.54) is 12.1 Å². The summed E-state index contributed by atoms with van der Waals surface area (Å²) in [6.45, 7) is 2.60. The van der Waals surface area contributed by atoms with Crippen molar-refractivity contribution in [3.63, 3.8) is 0 Å². The fourth-order valence-corrected chi connectivity index (χ4v) is 4.38. The van der Waals surface area contributed by atoms with Gasteiger partial charge in [0.05, 0.1) is 12.5 Å². The number of anilines is 1. The van der Waals surface area contributed by atoms with Gasteiger partial charge in [-0.05, 0) is 36.4 Å². The standard InChI is InChI=1S/C20H17FN6OS/c21-14-3-5-15(6-4-14)27-13-22-12-17(27)19(28)25-8-10-26(11-9-25)20-24-16-2-1-7-23-18(16)29-20/h1-7,12-13H,8-11H2. The van der Waals surface area contributed by atoms with Crippen LogP contribution in [0.25, 0.3) is 16.0 Å². The van der Waals surface area contributed by atoms with E-state index in [2.05, 4.69) is 19.9 Å². The number of aromatic nitrogens is 4. The van der Waals surface area contributed by atoms with Crippen molar-refractivity contribution in [2.24, 2.45) is 0 Å². The number of amides is 1. The number of nitrogens with zero attached hydrogens (tertiary/aromatic N) is 6. The summed E-state index contributed by atoms with van der Waals surface area (Å²) < 4.78 is 14.9. The molecule has 4 heterocycles. The van der Waals surface area contributed by atoms with Crippen LogP contribution in [0.3, 0.4) is 0 Å². The van der Waals surface area contributed by atoms with Crippen molar-refractivity contribution >= 4 is 32.7 Å². The van der Waals surface area contributed by atoms with Crippen molar-refractivity contribution in [1.82, 2.24) is 24.4 Å². The topological polar surface area (TPSA) is 67.2 Å². The molecule has 0 radical (unpaired) electrons. The van der Waals surface area contributed by atoms with Crippen molar-refractivity contribution in [1.29, 1.82) is 0 Å². The van der Waals surface area contributed by atoms with E-state index in [4.69, 9.17) is 0 Å². The smallest absolute Gasteiger partial charge is 0.272 e. The van der Waals surface area contributed by atoms with Gasteiger partial charge in [-0.25, -0.2) is 19.3 Å². The molecule has 0 N–H and O–H groups in total. The molecule has 1 amide bonds. The molecule has 1 aliphatic rings. The van der Waals surface area contributed by atoms with Gasteiger partial charge < -0.3 is 9.80 Å². The highest BCUT2D eigenvalue weighted by Crippen LogP contribution is 2.28. The van der Waals surface area contributed by atoms with Gasteiger partial charge in [0.1, 0.15) is 21.9 Å². The third-order valence-corrected chi connectivity index (χ3v) is 5.99. The summed E-state index contributed by atoms with van der Waals surface area (Å²) in [5.41, 5.74) is 2.07. The van der Waals surface area contributed by atoms with E-state index in [1.54, 1.807) is 46.8 Å². The van der Waals surface area contributed by atoms with Crippen LogP contribution in [0.2, 0.25) is 0 Å². The summed E-state index contributed by atoms with van der Waals surface area (Å²) in [5.74, 6) is -0.402. The molecule has 0 spiro atoms. The average molecular weight is 408 g/mol. The number of rotatable bonds is 3. The molecule has 146 valence electrons.